The second-order valence-electron chi connectivity index (χ2n) is 22.9. The highest BCUT2D eigenvalue weighted by Gasteiger charge is 2.51. The number of aliphatic hydroxyl groups is 8. The molecule has 0 spiro atoms. The van der Waals surface area contributed by atoms with E-state index in [9.17, 15) is 45.6 Å². The van der Waals surface area contributed by atoms with Gasteiger partial charge in [-0.25, -0.2) is 0 Å². The number of unbranched alkanes of at least 4 members (excludes halogenated alkanes) is 27. The molecule has 0 radical (unpaired) electrons. The summed E-state index contributed by atoms with van der Waals surface area (Å²) in [5, 5.41) is 87.0. The van der Waals surface area contributed by atoms with Gasteiger partial charge in [0.1, 0.15) is 48.8 Å². The molecular weight excluding hydrogens is 1040 g/mol. The third-order valence-corrected chi connectivity index (χ3v) is 15.6. The Labute approximate surface area is 497 Å². The molecule has 12 unspecified atom stereocenters. The molecule has 0 aromatic heterocycles. The number of aliphatic hydroxyl groups excluding tert-OH is 8. The summed E-state index contributed by atoms with van der Waals surface area (Å²) < 4.78 is 22.8. The van der Waals surface area contributed by atoms with Crippen molar-refractivity contribution in [3.8, 4) is 0 Å². The van der Waals surface area contributed by atoms with Crippen LogP contribution in [0.4, 0.5) is 0 Å². The minimum Gasteiger partial charge on any atom is -0.394 e. The molecule has 2 fully saturated rings. The van der Waals surface area contributed by atoms with E-state index in [-0.39, 0.29) is 18.9 Å². The second-order valence-corrected chi connectivity index (χ2v) is 22.9. The lowest BCUT2D eigenvalue weighted by Crippen LogP contribution is -2.65. The molecule has 14 heteroatoms. The predicted molar refractivity (Wildman–Crippen MR) is 332 cm³/mol. The molecule has 2 aliphatic rings. The average Bonchev–Trinajstić information content (AvgIpc) is 3.22. The van der Waals surface area contributed by atoms with Crippen LogP contribution in [0.15, 0.2) is 85.1 Å². The predicted octanol–water partition coefficient (Wildman–Crippen LogP) is 12.4. The maximum Gasteiger partial charge on any atom is 0.220 e. The number of carbonyl (C=O) groups excluding carboxylic acids is 1. The molecule has 0 aliphatic carbocycles. The summed E-state index contributed by atoms with van der Waals surface area (Å²) in [6.07, 6.45) is 55.1. The molecule has 0 aromatic carbocycles. The summed E-state index contributed by atoms with van der Waals surface area (Å²) in [4.78, 5) is 13.3. The van der Waals surface area contributed by atoms with E-state index in [0.29, 0.717) is 6.42 Å². The van der Waals surface area contributed by atoms with Gasteiger partial charge >= 0.3 is 0 Å². The van der Waals surface area contributed by atoms with E-state index >= 15 is 0 Å². The molecule has 2 rings (SSSR count). The van der Waals surface area contributed by atoms with Crippen molar-refractivity contribution in [2.24, 2.45) is 0 Å². The molecule has 2 aliphatic heterocycles. The maximum absolute atomic E-state index is 13.3. The zero-order chi connectivity index (χ0) is 59.5. The quantitative estimate of drug-likeness (QED) is 0.0204. The highest BCUT2D eigenvalue weighted by molar-refractivity contribution is 5.76. The molecule has 12 atom stereocenters. The molecule has 2 saturated heterocycles. The van der Waals surface area contributed by atoms with Gasteiger partial charge in [0.15, 0.2) is 12.6 Å². The molecule has 0 bridgehead atoms. The molecule has 2 heterocycles. The van der Waals surface area contributed by atoms with Crippen molar-refractivity contribution in [2.75, 3.05) is 19.8 Å². The van der Waals surface area contributed by atoms with Crippen LogP contribution >= 0.6 is 0 Å². The van der Waals surface area contributed by atoms with Gasteiger partial charge in [0.25, 0.3) is 0 Å². The standard InChI is InChI=1S/C68H119NO13/c1-3-5-7-9-11-13-15-16-17-18-19-20-21-22-23-24-25-26-27-28-29-30-31-32-33-34-35-36-37-38-39-40-42-44-46-48-50-52-60(73)69-56(57(72)51-49-47-45-43-41-14-12-10-8-6-4-2)55-79-67-65(78)63(76)66(59(54-71)81-67)82-68-64(77)62(75)61(74)58(53-70)80-68/h5,7,11,13,16-17,19-20,22-23,25-26,49,51,56-59,61-68,70-72,74-78H,3-4,6,8-10,12,14-15,18,21,24,27-48,50,52-55H2,1-2H3,(H,69,73)/b7-5-,13-11-,17-16-,20-19-,23-22-,26-25-,51-49+. The third-order valence-electron chi connectivity index (χ3n) is 15.6. The number of ether oxygens (including phenoxy) is 4. The first-order valence-corrected chi connectivity index (χ1v) is 32.8. The van der Waals surface area contributed by atoms with Crippen molar-refractivity contribution in [3.05, 3.63) is 85.1 Å². The Bertz CT molecular complexity index is 1700. The summed E-state index contributed by atoms with van der Waals surface area (Å²) >= 11 is 0. The van der Waals surface area contributed by atoms with Crippen molar-refractivity contribution in [1.29, 1.82) is 0 Å². The van der Waals surface area contributed by atoms with Gasteiger partial charge < -0.3 is 65.1 Å². The van der Waals surface area contributed by atoms with E-state index in [2.05, 4.69) is 92.1 Å². The van der Waals surface area contributed by atoms with Crippen LogP contribution in [0, 0.1) is 0 Å². The van der Waals surface area contributed by atoms with Gasteiger partial charge in [-0.05, 0) is 70.6 Å². The molecule has 14 nitrogen and oxygen atoms in total. The van der Waals surface area contributed by atoms with Crippen molar-refractivity contribution >= 4 is 5.91 Å². The van der Waals surface area contributed by atoms with Crippen LogP contribution in [0.5, 0.6) is 0 Å². The van der Waals surface area contributed by atoms with E-state index < -0.39 is 86.8 Å². The van der Waals surface area contributed by atoms with Gasteiger partial charge in [0.05, 0.1) is 32.0 Å². The fraction of sp³-hybridized carbons (Fsp3) is 0.779. The molecule has 0 saturated carbocycles. The van der Waals surface area contributed by atoms with Crippen molar-refractivity contribution in [1.82, 2.24) is 5.32 Å². The van der Waals surface area contributed by atoms with Crippen LogP contribution in [0.3, 0.4) is 0 Å². The first kappa shape index (κ1) is 75.3. The number of allylic oxidation sites excluding steroid dienone is 13. The molecule has 474 valence electrons. The summed E-state index contributed by atoms with van der Waals surface area (Å²) in [6, 6.07) is -0.915. The van der Waals surface area contributed by atoms with Gasteiger partial charge in [0, 0.05) is 6.42 Å². The van der Waals surface area contributed by atoms with E-state index in [1.165, 1.54) is 141 Å². The van der Waals surface area contributed by atoms with Crippen LogP contribution < -0.4 is 5.32 Å². The average molecular weight is 1160 g/mol. The Hall–Kier alpha value is -2.83. The molecule has 1 amide bonds. The first-order valence-electron chi connectivity index (χ1n) is 32.8. The zero-order valence-corrected chi connectivity index (χ0v) is 51.2. The summed E-state index contributed by atoms with van der Waals surface area (Å²) in [6.45, 7) is 2.66. The van der Waals surface area contributed by atoms with Crippen LogP contribution in [0.1, 0.15) is 245 Å². The Morgan fingerprint density at radius 1 is 0.451 bits per heavy atom. The number of amides is 1. The van der Waals surface area contributed by atoms with E-state index in [1.807, 2.05) is 6.08 Å². The minimum atomic E-state index is -1.79. The fourth-order valence-corrected chi connectivity index (χ4v) is 10.4. The monoisotopic (exact) mass is 1160 g/mol. The topological polar surface area (TPSA) is 228 Å². The highest BCUT2D eigenvalue weighted by Crippen LogP contribution is 2.30. The Morgan fingerprint density at radius 3 is 1.29 bits per heavy atom. The van der Waals surface area contributed by atoms with Gasteiger partial charge in [-0.2, -0.15) is 0 Å². The van der Waals surface area contributed by atoms with Crippen LogP contribution in [0.25, 0.3) is 0 Å². The third kappa shape index (κ3) is 36.9. The number of rotatable bonds is 52. The first-order chi connectivity index (χ1) is 40.1. The Balaban J connectivity index is 1.58. The van der Waals surface area contributed by atoms with Gasteiger partial charge in [0.2, 0.25) is 5.91 Å². The lowest BCUT2D eigenvalue weighted by Gasteiger charge is -2.46. The minimum absolute atomic E-state index is 0.241. The normalized spacial score (nSPS) is 24.5. The number of nitrogens with one attached hydrogen (secondary N) is 1. The van der Waals surface area contributed by atoms with Crippen molar-refractivity contribution < 1.29 is 64.6 Å². The fourth-order valence-electron chi connectivity index (χ4n) is 10.4. The number of hydrogen-bond acceptors (Lipinski definition) is 13. The molecule has 0 aromatic rings. The molecule has 82 heavy (non-hydrogen) atoms. The van der Waals surface area contributed by atoms with Gasteiger partial charge in [-0.15, -0.1) is 0 Å². The number of hydrogen-bond donors (Lipinski definition) is 9. The number of carbonyl (C=O) groups is 1. The lowest BCUT2D eigenvalue weighted by molar-refractivity contribution is -0.359. The van der Waals surface area contributed by atoms with Crippen LogP contribution in [-0.2, 0) is 23.7 Å². The van der Waals surface area contributed by atoms with Crippen molar-refractivity contribution in [3.63, 3.8) is 0 Å². The Kier molecular flexibility index (Phi) is 48.2. The summed E-state index contributed by atoms with van der Waals surface area (Å²) in [5.74, 6) is -0.241. The van der Waals surface area contributed by atoms with E-state index in [4.69, 9.17) is 18.9 Å². The smallest absolute Gasteiger partial charge is 0.220 e. The Morgan fingerprint density at radius 2 is 0.841 bits per heavy atom. The summed E-state index contributed by atoms with van der Waals surface area (Å²) in [7, 11) is 0. The second kappa shape index (κ2) is 52.5. The van der Waals surface area contributed by atoms with Gasteiger partial charge in [-0.1, -0.05) is 253 Å². The largest absolute Gasteiger partial charge is 0.394 e. The summed E-state index contributed by atoms with van der Waals surface area (Å²) in [5.41, 5.74) is 0. The highest BCUT2D eigenvalue weighted by atomic mass is 16.7. The van der Waals surface area contributed by atoms with Crippen LogP contribution in [-0.4, -0.2) is 140 Å². The maximum atomic E-state index is 13.3. The lowest BCUT2D eigenvalue weighted by atomic mass is 9.97. The van der Waals surface area contributed by atoms with Crippen molar-refractivity contribution in [2.45, 2.75) is 319 Å². The van der Waals surface area contributed by atoms with E-state index in [1.54, 1.807) is 6.08 Å². The van der Waals surface area contributed by atoms with E-state index in [0.717, 1.165) is 77.0 Å². The zero-order valence-electron chi connectivity index (χ0n) is 51.2. The SMILES string of the molecule is CC/C=C\C/C=C\C/C=C\C/C=C\C/C=C\C/C=C\CCCCCCCCCCCCCCCCCCCCC(=O)NC(COC1OC(CO)C(OC2OC(CO)C(O)C(O)C2O)C(O)C1O)C(O)/C=C/CCCCCCCCCCC. The van der Waals surface area contributed by atoms with Crippen LogP contribution in [0.2, 0.25) is 0 Å². The molecule has 9 N–H and O–H groups in total. The molecular formula is C68H119NO13. The van der Waals surface area contributed by atoms with Gasteiger partial charge in [-0.3, -0.25) is 4.79 Å².